The van der Waals surface area contributed by atoms with Gasteiger partial charge in [0.15, 0.2) is 0 Å². The van der Waals surface area contributed by atoms with Crippen LogP contribution in [0, 0.1) is 10.1 Å². The molecule has 0 radical (unpaired) electrons. The van der Waals surface area contributed by atoms with Crippen LogP contribution >= 0.6 is 0 Å². The van der Waals surface area contributed by atoms with Crippen molar-refractivity contribution in [3.63, 3.8) is 0 Å². The van der Waals surface area contributed by atoms with E-state index >= 15 is 0 Å². The van der Waals surface area contributed by atoms with E-state index in [2.05, 4.69) is 9.71 Å². The molecule has 1 N–H and O–H groups in total. The number of rotatable bonds is 5. The lowest BCUT2D eigenvalue weighted by atomic mass is 10.4. The van der Waals surface area contributed by atoms with Crippen LogP contribution in [-0.2, 0) is 10.0 Å². The molecule has 7 nitrogen and oxygen atoms in total. The average molecular weight is 245 g/mol. The van der Waals surface area contributed by atoms with Crippen LogP contribution in [0.3, 0.4) is 0 Å². The van der Waals surface area contributed by atoms with Gasteiger partial charge in [-0.3, -0.25) is 15.1 Å². The van der Waals surface area contributed by atoms with Crippen LogP contribution in [-0.4, -0.2) is 24.9 Å². The summed E-state index contributed by atoms with van der Waals surface area (Å²) in [5, 5.41) is 10.4. The fourth-order valence-electron chi connectivity index (χ4n) is 0.974. The minimum atomic E-state index is -3.70. The van der Waals surface area contributed by atoms with Gasteiger partial charge in [-0.15, -0.1) is 0 Å². The van der Waals surface area contributed by atoms with Crippen molar-refractivity contribution in [2.45, 2.75) is 18.2 Å². The van der Waals surface area contributed by atoms with Gasteiger partial charge in [0, 0.05) is 18.8 Å². The molecule has 1 aromatic heterocycles. The first-order valence-electron chi connectivity index (χ1n) is 4.56. The van der Waals surface area contributed by atoms with Crippen LogP contribution in [0.2, 0.25) is 0 Å². The molecule has 1 rings (SSSR count). The second-order valence-corrected chi connectivity index (χ2v) is 4.80. The summed E-state index contributed by atoms with van der Waals surface area (Å²) in [5.41, 5.74) is -0.348. The molecule has 0 amide bonds. The van der Waals surface area contributed by atoms with Crippen molar-refractivity contribution in [1.29, 1.82) is 0 Å². The minimum Gasteiger partial charge on any atom is -0.258 e. The first-order valence-corrected chi connectivity index (χ1v) is 6.05. The Morgan fingerprint density at radius 2 is 2.19 bits per heavy atom. The predicted molar refractivity (Wildman–Crippen MR) is 56.4 cm³/mol. The summed E-state index contributed by atoms with van der Waals surface area (Å²) >= 11 is 0. The standard InChI is InChI=1S/C8H11N3O4S/c1-2-3-10-16(14,15)8-4-7(11(12)13)5-9-6-8/h4-6,10H,2-3H2,1H3. The van der Waals surface area contributed by atoms with Crippen molar-refractivity contribution in [1.82, 2.24) is 9.71 Å². The summed E-state index contributed by atoms with van der Waals surface area (Å²) in [6, 6.07) is 0.977. The molecular formula is C8H11N3O4S. The Morgan fingerprint density at radius 1 is 1.50 bits per heavy atom. The van der Waals surface area contributed by atoms with Crippen molar-refractivity contribution >= 4 is 15.7 Å². The molecule has 1 heterocycles. The Bertz CT molecular complexity index is 486. The van der Waals surface area contributed by atoms with Gasteiger partial charge in [-0.05, 0) is 6.42 Å². The lowest BCUT2D eigenvalue weighted by Gasteiger charge is -2.04. The lowest BCUT2D eigenvalue weighted by Crippen LogP contribution is -2.24. The van der Waals surface area contributed by atoms with Gasteiger partial charge >= 0.3 is 0 Å². The van der Waals surface area contributed by atoms with Gasteiger partial charge in [0.25, 0.3) is 5.69 Å². The molecule has 0 saturated carbocycles. The number of sulfonamides is 1. The number of nitrogens with zero attached hydrogens (tertiary/aromatic N) is 2. The Morgan fingerprint density at radius 3 is 2.75 bits per heavy atom. The van der Waals surface area contributed by atoms with E-state index in [9.17, 15) is 18.5 Å². The van der Waals surface area contributed by atoms with Gasteiger partial charge in [0.2, 0.25) is 10.0 Å². The van der Waals surface area contributed by atoms with E-state index in [1.807, 2.05) is 6.92 Å². The number of aromatic nitrogens is 1. The normalized spacial score (nSPS) is 11.3. The summed E-state index contributed by atoms with van der Waals surface area (Å²) in [6.45, 7) is 2.10. The fourth-order valence-corrected chi connectivity index (χ4v) is 2.09. The van der Waals surface area contributed by atoms with Crippen LogP contribution in [0.4, 0.5) is 5.69 Å². The molecule has 0 spiro atoms. The van der Waals surface area contributed by atoms with Gasteiger partial charge < -0.3 is 0 Å². The molecule has 0 unspecified atom stereocenters. The van der Waals surface area contributed by atoms with Crippen LogP contribution < -0.4 is 4.72 Å². The maximum absolute atomic E-state index is 11.6. The zero-order chi connectivity index (χ0) is 12.2. The molecule has 0 bridgehead atoms. The van der Waals surface area contributed by atoms with E-state index in [1.165, 1.54) is 0 Å². The molecule has 0 aliphatic heterocycles. The van der Waals surface area contributed by atoms with Crippen LogP contribution in [0.15, 0.2) is 23.4 Å². The second kappa shape index (κ2) is 4.99. The molecule has 0 aromatic carbocycles. The van der Waals surface area contributed by atoms with E-state index in [4.69, 9.17) is 0 Å². The first kappa shape index (κ1) is 12.5. The van der Waals surface area contributed by atoms with E-state index in [-0.39, 0.29) is 17.1 Å². The van der Waals surface area contributed by atoms with Crippen molar-refractivity contribution in [2.75, 3.05) is 6.54 Å². The maximum Gasteiger partial charge on any atom is 0.288 e. The zero-order valence-corrected chi connectivity index (χ0v) is 9.40. The van der Waals surface area contributed by atoms with Crippen molar-refractivity contribution in [3.8, 4) is 0 Å². The Hall–Kier alpha value is -1.54. The summed E-state index contributed by atoms with van der Waals surface area (Å²) < 4.78 is 25.5. The molecule has 0 saturated heterocycles. The number of hydrogen-bond acceptors (Lipinski definition) is 5. The lowest BCUT2D eigenvalue weighted by molar-refractivity contribution is -0.385. The third-order valence-electron chi connectivity index (χ3n) is 1.76. The SMILES string of the molecule is CCCNS(=O)(=O)c1cncc([N+](=O)[O-])c1. The van der Waals surface area contributed by atoms with Crippen LogP contribution in [0.25, 0.3) is 0 Å². The molecule has 0 atom stereocenters. The van der Waals surface area contributed by atoms with Gasteiger partial charge in [0.1, 0.15) is 11.1 Å². The number of hydrogen-bond donors (Lipinski definition) is 1. The van der Waals surface area contributed by atoms with Crippen molar-refractivity contribution in [2.24, 2.45) is 0 Å². The minimum absolute atomic E-state index is 0.199. The van der Waals surface area contributed by atoms with E-state index in [0.29, 0.717) is 6.42 Å². The van der Waals surface area contributed by atoms with Gasteiger partial charge in [-0.2, -0.15) is 0 Å². The molecule has 1 aromatic rings. The highest BCUT2D eigenvalue weighted by atomic mass is 32.2. The number of pyridine rings is 1. The largest absolute Gasteiger partial charge is 0.288 e. The number of nitrogens with one attached hydrogen (secondary N) is 1. The Kier molecular flexibility index (Phi) is 3.91. The average Bonchev–Trinajstić information content (AvgIpc) is 2.26. The van der Waals surface area contributed by atoms with E-state index in [1.54, 1.807) is 0 Å². The Balaban J connectivity index is 3.04. The molecule has 0 fully saturated rings. The summed E-state index contributed by atoms with van der Waals surface area (Å²) in [5.74, 6) is 0. The van der Waals surface area contributed by atoms with Crippen molar-refractivity contribution < 1.29 is 13.3 Å². The van der Waals surface area contributed by atoms with Crippen LogP contribution in [0.1, 0.15) is 13.3 Å². The predicted octanol–water partition coefficient (Wildman–Crippen LogP) is 0.678. The summed E-state index contributed by atoms with van der Waals surface area (Å²) in [7, 11) is -3.70. The quantitative estimate of drug-likeness (QED) is 0.607. The van der Waals surface area contributed by atoms with Crippen LogP contribution in [0.5, 0.6) is 0 Å². The highest BCUT2D eigenvalue weighted by Gasteiger charge is 2.17. The monoisotopic (exact) mass is 245 g/mol. The fraction of sp³-hybridized carbons (Fsp3) is 0.375. The van der Waals surface area contributed by atoms with Gasteiger partial charge in [-0.25, -0.2) is 13.1 Å². The van der Waals surface area contributed by atoms with Gasteiger partial charge in [-0.1, -0.05) is 6.92 Å². The Labute approximate surface area is 92.7 Å². The molecule has 0 aliphatic rings. The zero-order valence-electron chi connectivity index (χ0n) is 8.58. The summed E-state index contributed by atoms with van der Waals surface area (Å²) in [6.07, 6.45) is 2.71. The highest BCUT2D eigenvalue weighted by Crippen LogP contribution is 2.14. The smallest absolute Gasteiger partial charge is 0.258 e. The highest BCUT2D eigenvalue weighted by molar-refractivity contribution is 7.89. The summed E-state index contributed by atoms with van der Waals surface area (Å²) in [4.78, 5) is 13.1. The molecule has 8 heteroatoms. The third-order valence-corrected chi connectivity index (χ3v) is 3.19. The first-order chi connectivity index (χ1) is 7.47. The third kappa shape index (κ3) is 2.97. The van der Waals surface area contributed by atoms with E-state index < -0.39 is 14.9 Å². The molecule has 0 aliphatic carbocycles. The van der Waals surface area contributed by atoms with Crippen molar-refractivity contribution in [3.05, 3.63) is 28.6 Å². The number of nitro groups is 1. The topological polar surface area (TPSA) is 102 Å². The molecule has 88 valence electrons. The molecule has 16 heavy (non-hydrogen) atoms. The van der Waals surface area contributed by atoms with Gasteiger partial charge in [0.05, 0.1) is 4.92 Å². The maximum atomic E-state index is 11.6. The second-order valence-electron chi connectivity index (χ2n) is 3.03. The molecular weight excluding hydrogens is 234 g/mol. The van der Waals surface area contributed by atoms with E-state index in [0.717, 1.165) is 18.5 Å².